The molecule has 4 fully saturated rings. The highest BCUT2D eigenvalue weighted by Crippen LogP contribution is 2.47. The lowest BCUT2D eigenvalue weighted by molar-refractivity contribution is -0.136. The molecule has 3 atom stereocenters. The molecule has 1 aliphatic heterocycles. The van der Waals surface area contributed by atoms with E-state index >= 15 is 0 Å². The van der Waals surface area contributed by atoms with Crippen LogP contribution in [0.1, 0.15) is 56.2 Å². The SMILES string of the molecule is CCO[C@@H]1C[C@@H]1C(=O)N1CCN(c2nc(C3CC3)c(-c3cccc4cnccc34)cc2C#N)C[C@H]1C1CC1. The van der Waals surface area contributed by atoms with Crippen LogP contribution in [0, 0.1) is 23.2 Å². The number of carbonyl (C=O) groups excluding carboxylic acids is 1. The summed E-state index contributed by atoms with van der Waals surface area (Å²) in [7, 11) is 0. The molecule has 7 rings (SSSR count). The van der Waals surface area contributed by atoms with Gasteiger partial charge in [0.1, 0.15) is 11.9 Å². The van der Waals surface area contributed by atoms with E-state index in [1.54, 1.807) is 0 Å². The second-order valence-corrected chi connectivity index (χ2v) is 11.3. The van der Waals surface area contributed by atoms with Gasteiger partial charge in [-0.3, -0.25) is 9.78 Å². The van der Waals surface area contributed by atoms with Crippen molar-refractivity contribution in [1.82, 2.24) is 14.9 Å². The first-order chi connectivity index (χ1) is 18.7. The number of aromatic nitrogens is 2. The fourth-order valence-corrected chi connectivity index (χ4v) is 6.29. The first-order valence-corrected chi connectivity index (χ1v) is 14.1. The normalized spacial score (nSPS) is 24.9. The monoisotopic (exact) mass is 507 g/mol. The minimum atomic E-state index is 0.0205. The van der Waals surface area contributed by atoms with Crippen molar-refractivity contribution < 1.29 is 9.53 Å². The molecular formula is C31H33N5O2. The predicted molar refractivity (Wildman–Crippen MR) is 146 cm³/mol. The van der Waals surface area contributed by atoms with Crippen LogP contribution < -0.4 is 4.90 Å². The quantitative estimate of drug-likeness (QED) is 0.453. The molecule has 1 saturated heterocycles. The third-order valence-electron chi connectivity index (χ3n) is 8.68. The topological polar surface area (TPSA) is 82.3 Å². The number of benzene rings is 1. The van der Waals surface area contributed by atoms with Gasteiger partial charge in [-0.2, -0.15) is 5.26 Å². The van der Waals surface area contributed by atoms with Gasteiger partial charge in [0.15, 0.2) is 0 Å². The van der Waals surface area contributed by atoms with Gasteiger partial charge in [0, 0.05) is 55.5 Å². The Bertz CT molecular complexity index is 1430. The molecule has 3 heterocycles. The average Bonchev–Trinajstić information content (AvgIpc) is 3.81. The molecule has 194 valence electrons. The zero-order valence-corrected chi connectivity index (χ0v) is 21.8. The number of ether oxygens (including phenoxy) is 1. The number of pyridine rings is 2. The maximum Gasteiger partial charge on any atom is 0.228 e. The van der Waals surface area contributed by atoms with Gasteiger partial charge in [-0.05, 0) is 68.0 Å². The zero-order chi connectivity index (χ0) is 25.8. The van der Waals surface area contributed by atoms with Crippen LogP contribution >= 0.6 is 0 Å². The van der Waals surface area contributed by atoms with Crippen molar-refractivity contribution in [3.05, 3.63) is 54.0 Å². The van der Waals surface area contributed by atoms with E-state index in [4.69, 9.17) is 9.72 Å². The fourth-order valence-electron chi connectivity index (χ4n) is 6.29. The Morgan fingerprint density at radius 1 is 1.16 bits per heavy atom. The Morgan fingerprint density at radius 2 is 2.03 bits per heavy atom. The Kier molecular flexibility index (Phi) is 5.81. The molecule has 7 nitrogen and oxygen atoms in total. The van der Waals surface area contributed by atoms with E-state index in [9.17, 15) is 10.1 Å². The number of fused-ring (bicyclic) bond motifs is 1. The van der Waals surface area contributed by atoms with Gasteiger partial charge in [0.25, 0.3) is 0 Å². The number of carbonyl (C=O) groups is 1. The van der Waals surface area contributed by atoms with Crippen molar-refractivity contribution >= 4 is 22.5 Å². The fraction of sp³-hybridized carbons (Fsp3) is 0.484. The zero-order valence-electron chi connectivity index (χ0n) is 21.8. The summed E-state index contributed by atoms with van der Waals surface area (Å²) in [5.41, 5.74) is 3.89. The second-order valence-electron chi connectivity index (χ2n) is 11.3. The van der Waals surface area contributed by atoms with Gasteiger partial charge in [-0.15, -0.1) is 0 Å². The van der Waals surface area contributed by atoms with Gasteiger partial charge in [0.05, 0.1) is 29.3 Å². The smallest absolute Gasteiger partial charge is 0.228 e. The predicted octanol–water partition coefficient (Wildman–Crippen LogP) is 4.90. The lowest BCUT2D eigenvalue weighted by Crippen LogP contribution is -2.57. The van der Waals surface area contributed by atoms with Gasteiger partial charge in [-0.25, -0.2) is 4.98 Å². The van der Waals surface area contributed by atoms with E-state index in [2.05, 4.69) is 45.1 Å². The molecule has 38 heavy (non-hydrogen) atoms. The number of nitriles is 1. The average molecular weight is 508 g/mol. The molecule has 3 aliphatic carbocycles. The van der Waals surface area contributed by atoms with Crippen LogP contribution in [0.15, 0.2) is 42.7 Å². The molecule has 0 bridgehead atoms. The molecular weight excluding hydrogens is 474 g/mol. The molecule has 0 N–H and O–H groups in total. The van der Waals surface area contributed by atoms with Crippen LogP contribution in [0.5, 0.6) is 0 Å². The number of hydrogen-bond acceptors (Lipinski definition) is 6. The van der Waals surface area contributed by atoms with Crippen molar-refractivity contribution in [2.45, 2.75) is 57.1 Å². The van der Waals surface area contributed by atoms with Crippen LogP contribution in [0.25, 0.3) is 21.9 Å². The highest BCUT2D eigenvalue weighted by atomic mass is 16.5. The highest BCUT2D eigenvalue weighted by Gasteiger charge is 2.50. The van der Waals surface area contributed by atoms with Gasteiger partial charge in [0.2, 0.25) is 5.91 Å². The van der Waals surface area contributed by atoms with Crippen LogP contribution in [0.2, 0.25) is 0 Å². The first kappa shape index (κ1) is 23.6. The van der Waals surface area contributed by atoms with E-state index in [-0.39, 0.29) is 24.0 Å². The number of amides is 1. The Hall–Kier alpha value is -3.50. The summed E-state index contributed by atoms with van der Waals surface area (Å²) in [4.78, 5) is 27.3. The van der Waals surface area contributed by atoms with E-state index in [1.807, 2.05) is 25.4 Å². The van der Waals surface area contributed by atoms with Crippen molar-refractivity contribution in [3.8, 4) is 17.2 Å². The van der Waals surface area contributed by atoms with Crippen LogP contribution in [0.4, 0.5) is 5.82 Å². The molecule has 2 aromatic heterocycles. The summed E-state index contributed by atoms with van der Waals surface area (Å²) in [6, 6.07) is 13.0. The maximum atomic E-state index is 13.4. The molecule has 4 aliphatic rings. The van der Waals surface area contributed by atoms with Gasteiger partial charge in [-0.1, -0.05) is 18.2 Å². The molecule has 0 spiro atoms. The van der Waals surface area contributed by atoms with Crippen molar-refractivity contribution in [2.24, 2.45) is 11.8 Å². The molecule has 0 radical (unpaired) electrons. The number of piperazine rings is 1. The maximum absolute atomic E-state index is 13.4. The molecule has 1 aromatic carbocycles. The largest absolute Gasteiger partial charge is 0.378 e. The van der Waals surface area contributed by atoms with Crippen LogP contribution in [-0.4, -0.2) is 59.2 Å². The molecule has 3 saturated carbocycles. The second kappa shape index (κ2) is 9.36. The van der Waals surface area contributed by atoms with Gasteiger partial charge >= 0.3 is 0 Å². The minimum Gasteiger partial charge on any atom is -0.378 e. The third kappa shape index (κ3) is 4.21. The van der Waals surface area contributed by atoms with Crippen molar-refractivity contribution in [2.75, 3.05) is 31.1 Å². The standard InChI is InChI=1S/C31H33N5O2/c1-2-38-28-15-26(28)31(37)36-13-12-35(18-27(36)19-6-7-19)30-22(16-32)14-25(29(34-30)20-8-9-20)24-5-3-4-21-17-33-11-10-23(21)24/h3-5,10-11,14,17,19-20,26-28H,2,6-9,12-13,15,18H2,1H3/t26-,27-,28+/m0/s1. The Morgan fingerprint density at radius 3 is 2.79 bits per heavy atom. The first-order valence-electron chi connectivity index (χ1n) is 14.1. The van der Waals surface area contributed by atoms with E-state index in [1.165, 1.54) is 12.8 Å². The number of anilines is 1. The number of nitrogens with zero attached hydrogens (tertiary/aromatic N) is 5. The molecule has 0 unspecified atom stereocenters. The van der Waals surface area contributed by atoms with Crippen LogP contribution in [0.3, 0.4) is 0 Å². The summed E-state index contributed by atoms with van der Waals surface area (Å²) in [6.45, 7) is 4.77. The van der Waals surface area contributed by atoms with Crippen LogP contribution in [-0.2, 0) is 9.53 Å². The summed E-state index contributed by atoms with van der Waals surface area (Å²) in [6.07, 6.45) is 9.26. The Balaban J connectivity index is 1.22. The summed E-state index contributed by atoms with van der Waals surface area (Å²) < 4.78 is 5.72. The minimum absolute atomic E-state index is 0.0205. The van der Waals surface area contributed by atoms with Crippen molar-refractivity contribution in [3.63, 3.8) is 0 Å². The van der Waals surface area contributed by atoms with E-state index in [0.29, 0.717) is 37.1 Å². The highest BCUT2D eigenvalue weighted by molar-refractivity contribution is 5.97. The number of rotatable bonds is 7. The lowest BCUT2D eigenvalue weighted by Gasteiger charge is -2.43. The van der Waals surface area contributed by atoms with Crippen molar-refractivity contribution in [1.29, 1.82) is 5.26 Å². The third-order valence-corrected chi connectivity index (χ3v) is 8.68. The van der Waals surface area contributed by atoms with E-state index < -0.39 is 0 Å². The summed E-state index contributed by atoms with van der Waals surface area (Å²) in [5.74, 6) is 2.04. The van der Waals surface area contributed by atoms with E-state index in [0.717, 1.165) is 59.2 Å². The summed E-state index contributed by atoms with van der Waals surface area (Å²) >= 11 is 0. The number of hydrogen-bond donors (Lipinski definition) is 0. The summed E-state index contributed by atoms with van der Waals surface area (Å²) in [5, 5.41) is 12.5. The Labute approximate surface area is 223 Å². The lowest BCUT2D eigenvalue weighted by atomic mass is 9.95. The molecule has 7 heteroatoms. The van der Waals surface area contributed by atoms with Gasteiger partial charge < -0.3 is 14.5 Å². The molecule has 3 aromatic rings. The molecule has 1 amide bonds.